The Morgan fingerprint density at radius 1 is 1.45 bits per heavy atom. The van der Waals surface area contributed by atoms with E-state index < -0.39 is 6.04 Å². The van der Waals surface area contributed by atoms with E-state index in [4.69, 9.17) is 5.73 Å². The van der Waals surface area contributed by atoms with Gasteiger partial charge in [-0.25, -0.2) is 4.98 Å². The number of carbonyl (C=O) groups is 1. The third-order valence-corrected chi connectivity index (χ3v) is 3.69. The Bertz CT molecular complexity index is 566. The van der Waals surface area contributed by atoms with E-state index in [1.807, 2.05) is 29.6 Å². The number of hydrogen-bond donors (Lipinski definition) is 2. The Balaban J connectivity index is 2.07. The minimum Gasteiger partial charge on any atom is -0.325 e. The van der Waals surface area contributed by atoms with Crippen molar-refractivity contribution < 1.29 is 4.79 Å². The molecule has 2 rings (SSSR count). The molecule has 0 aliphatic heterocycles. The van der Waals surface area contributed by atoms with E-state index >= 15 is 0 Å². The standard InChI is InChI=1S/C15H19N3OS/c1-10(2)8-13(16)14(19)18-12-5-3-4-11(9-12)15-17-6-7-20-15/h3-7,9-10,13H,8,16H2,1-2H3,(H,18,19)/t13-/m1/s1. The molecule has 0 radical (unpaired) electrons. The summed E-state index contributed by atoms with van der Waals surface area (Å²) in [6, 6.07) is 7.18. The van der Waals surface area contributed by atoms with Crippen molar-refractivity contribution in [1.29, 1.82) is 0 Å². The van der Waals surface area contributed by atoms with Crippen LogP contribution in [0.3, 0.4) is 0 Å². The van der Waals surface area contributed by atoms with E-state index in [1.165, 1.54) is 0 Å². The minimum atomic E-state index is -0.474. The van der Waals surface area contributed by atoms with Crippen LogP contribution >= 0.6 is 11.3 Å². The quantitative estimate of drug-likeness (QED) is 0.888. The van der Waals surface area contributed by atoms with Crippen LogP contribution in [0.2, 0.25) is 0 Å². The first-order valence-electron chi connectivity index (χ1n) is 6.62. The minimum absolute atomic E-state index is 0.144. The number of aromatic nitrogens is 1. The molecule has 0 aliphatic carbocycles. The van der Waals surface area contributed by atoms with Crippen LogP contribution in [0.1, 0.15) is 20.3 Å². The number of rotatable bonds is 5. The van der Waals surface area contributed by atoms with Gasteiger partial charge in [-0.3, -0.25) is 4.79 Å². The predicted octanol–water partition coefficient (Wildman–Crippen LogP) is 3.12. The van der Waals surface area contributed by atoms with Crippen molar-refractivity contribution in [2.24, 2.45) is 11.7 Å². The molecule has 1 atom stereocenters. The molecule has 2 aromatic rings. The smallest absolute Gasteiger partial charge is 0.241 e. The fourth-order valence-electron chi connectivity index (χ4n) is 1.95. The van der Waals surface area contributed by atoms with Gasteiger partial charge in [0.05, 0.1) is 6.04 Å². The molecule has 0 fully saturated rings. The third kappa shape index (κ3) is 3.88. The molecule has 0 bridgehead atoms. The lowest BCUT2D eigenvalue weighted by atomic mass is 10.0. The number of nitrogens with two attached hydrogens (primary N) is 1. The van der Waals surface area contributed by atoms with Gasteiger partial charge in [0.25, 0.3) is 0 Å². The summed E-state index contributed by atoms with van der Waals surface area (Å²) in [6.07, 6.45) is 2.45. The summed E-state index contributed by atoms with van der Waals surface area (Å²) in [5.74, 6) is 0.257. The lowest BCUT2D eigenvalue weighted by Gasteiger charge is -2.14. The molecular formula is C15H19N3OS. The third-order valence-electron chi connectivity index (χ3n) is 2.87. The van der Waals surface area contributed by atoms with Gasteiger partial charge < -0.3 is 11.1 Å². The van der Waals surface area contributed by atoms with Crippen molar-refractivity contribution in [2.45, 2.75) is 26.3 Å². The van der Waals surface area contributed by atoms with Gasteiger partial charge in [0.15, 0.2) is 0 Å². The van der Waals surface area contributed by atoms with Crippen LogP contribution in [0.4, 0.5) is 5.69 Å². The second-order valence-corrected chi connectivity index (χ2v) is 6.04. The van der Waals surface area contributed by atoms with Crippen LogP contribution in [-0.4, -0.2) is 16.9 Å². The average molecular weight is 289 g/mol. The molecule has 0 unspecified atom stereocenters. The largest absolute Gasteiger partial charge is 0.325 e. The number of amides is 1. The monoisotopic (exact) mass is 289 g/mol. The van der Waals surface area contributed by atoms with Crippen molar-refractivity contribution >= 4 is 22.9 Å². The second kappa shape index (κ2) is 6.63. The molecular weight excluding hydrogens is 270 g/mol. The van der Waals surface area contributed by atoms with E-state index in [0.29, 0.717) is 12.3 Å². The van der Waals surface area contributed by atoms with Gasteiger partial charge in [-0.2, -0.15) is 0 Å². The highest BCUT2D eigenvalue weighted by atomic mass is 32.1. The molecule has 1 amide bonds. The van der Waals surface area contributed by atoms with E-state index in [-0.39, 0.29) is 5.91 Å². The Kier molecular flexibility index (Phi) is 4.87. The number of nitrogens with one attached hydrogen (secondary N) is 1. The first kappa shape index (κ1) is 14.7. The van der Waals surface area contributed by atoms with Gasteiger partial charge in [0.1, 0.15) is 5.01 Å². The van der Waals surface area contributed by atoms with Crippen LogP contribution in [-0.2, 0) is 4.79 Å². The molecule has 0 saturated carbocycles. The molecule has 3 N–H and O–H groups in total. The molecule has 1 aromatic heterocycles. The Morgan fingerprint density at radius 3 is 2.90 bits per heavy atom. The SMILES string of the molecule is CC(C)C[C@@H](N)C(=O)Nc1cccc(-c2nccs2)c1. The maximum atomic E-state index is 12.0. The summed E-state index contributed by atoms with van der Waals surface area (Å²) in [6.45, 7) is 4.10. The topological polar surface area (TPSA) is 68.0 Å². The first-order chi connectivity index (χ1) is 9.56. The van der Waals surface area contributed by atoms with Gasteiger partial charge in [-0.05, 0) is 24.5 Å². The zero-order chi connectivity index (χ0) is 14.5. The van der Waals surface area contributed by atoms with Gasteiger partial charge in [0.2, 0.25) is 5.91 Å². The predicted molar refractivity (Wildman–Crippen MR) is 83.6 cm³/mol. The maximum absolute atomic E-state index is 12.0. The molecule has 5 heteroatoms. The van der Waals surface area contributed by atoms with Crippen LogP contribution < -0.4 is 11.1 Å². The van der Waals surface area contributed by atoms with Gasteiger partial charge >= 0.3 is 0 Å². The summed E-state index contributed by atoms with van der Waals surface area (Å²) in [5.41, 5.74) is 7.62. The molecule has 4 nitrogen and oxygen atoms in total. The average Bonchev–Trinajstić information content (AvgIpc) is 2.92. The summed E-state index contributed by atoms with van der Waals surface area (Å²) in [4.78, 5) is 16.3. The van der Waals surface area contributed by atoms with Crippen LogP contribution in [0, 0.1) is 5.92 Å². The van der Waals surface area contributed by atoms with Gasteiger partial charge in [0, 0.05) is 22.8 Å². The summed E-state index contributed by atoms with van der Waals surface area (Å²) >= 11 is 1.57. The van der Waals surface area contributed by atoms with Crippen molar-refractivity contribution in [3.63, 3.8) is 0 Å². The number of hydrogen-bond acceptors (Lipinski definition) is 4. The van der Waals surface area contributed by atoms with Crippen molar-refractivity contribution in [1.82, 2.24) is 4.98 Å². The van der Waals surface area contributed by atoms with Crippen LogP contribution in [0.15, 0.2) is 35.8 Å². The highest BCUT2D eigenvalue weighted by molar-refractivity contribution is 7.13. The van der Waals surface area contributed by atoms with E-state index in [1.54, 1.807) is 17.5 Å². The lowest BCUT2D eigenvalue weighted by Crippen LogP contribution is -2.36. The normalized spacial score (nSPS) is 12.4. The van der Waals surface area contributed by atoms with E-state index in [9.17, 15) is 4.79 Å². The number of anilines is 1. The highest BCUT2D eigenvalue weighted by Crippen LogP contribution is 2.24. The molecule has 0 spiro atoms. The molecule has 106 valence electrons. The van der Waals surface area contributed by atoms with Crippen molar-refractivity contribution in [2.75, 3.05) is 5.32 Å². The van der Waals surface area contributed by atoms with Crippen molar-refractivity contribution in [3.05, 3.63) is 35.8 Å². The van der Waals surface area contributed by atoms with Crippen LogP contribution in [0.5, 0.6) is 0 Å². The summed E-state index contributed by atoms with van der Waals surface area (Å²) in [5, 5.41) is 5.73. The molecule has 0 aliphatic rings. The number of thiazole rings is 1. The molecule has 0 saturated heterocycles. The van der Waals surface area contributed by atoms with Crippen LogP contribution in [0.25, 0.3) is 10.6 Å². The zero-order valence-electron chi connectivity index (χ0n) is 11.7. The van der Waals surface area contributed by atoms with Gasteiger partial charge in [-0.1, -0.05) is 26.0 Å². The maximum Gasteiger partial charge on any atom is 0.241 e. The second-order valence-electron chi connectivity index (χ2n) is 5.14. The number of nitrogens with zero attached hydrogens (tertiary/aromatic N) is 1. The fourth-order valence-corrected chi connectivity index (χ4v) is 2.58. The number of benzene rings is 1. The molecule has 1 aromatic carbocycles. The van der Waals surface area contributed by atoms with E-state index in [0.717, 1.165) is 16.3 Å². The zero-order valence-corrected chi connectivity index (χ0v) is 12.5. The Labute approximate surface area is 123 Å². The highest BCUT2D eigenvalue weighted by Gasteiger charge is 2.15. The van der Waals surface area contributed by atoms with E-state index in [2.05, 4.69) is 24.1 Å². The van der Waals surface area contributed by atoms with Crippen molar-refractivity contribution in [3.8, 4) is 10.6 Å². The first-order valence-corrected chi connectivity index (χ1v) is 7.50. The molecule has 1 heterocycles. The Hall–Kier alpha value is -1.72. The lowest BCUT2D eigenvalue weighted by molar-refractivity contribution is -0.117. The summed E-state index contributed by atoms with van der Waals surface area (Å²) < 4.78 is 0. The van der Waals surface area contributed by atoms with Gasteiger partial charge in [-0.15, -0.1) is 11.3 Å². The summed E-state index contributed by atoms with van der Waals surface area (Å²) in [7, 11) is 0. The fraction of sp³-hybridized carbons (Fsp3) is 0.333. The number of carbonyl (C=O) groups excluding carboxylic acids is 1. The molecule has 20 heavy (non-hydrogen) atoms. The Morgan fingerprint density at radius 2 is 2.25 bits per heavy atom.